The molecule has 0 aliphatic carbocycles. The molecule has 10 heteroatoms. The Bertz CT molecular complexity index is 1180. The molecule has 3 rings (SSSR count). The molecule has 0 saturated carbocycles. The summed E-state index contributed by atoms with van der Waals surface area (Å²) < 4.78 is 11.2. The molecule has 0 spiro atoms. The number of hydrazone groups is 1. The first kappa shape index (κ1) is 24.4. The van der Waals surface area contributed by atoms with E-state index in [1.165, 1.54) is 25.5 Å². The maximum absolute atomic E-state index is 12.0. The maximum Gasteiger partial charge on any atom is 0.329 e. The number of nitrogens with zero attached hydrogens (tertiary/aromatic N) is 1. The van der Waals surface area contributed by atoms with Crippen molar-refractivity contribution >= 4 is 58.5 Å². The minimum atomic E-state index is -0.975. The van der Waals surface area contributed by atoms with Gasteiger partial charge in [-0.05, 0) is 59.7 Å². The third-order valence-electron chi connectivity index (χ3n) is 4.26. The summed E-state index contributed by atoms with van der Waals surface area (Å²) in [5.74, 6) is -0.906. The van der Waals surface area contributed by atoms with Crippen molar-refractivity contribution < 1.29 is 19.1 Å². The van der Waals surface area contributed by atoms with Crippen molar-refractivity contribution in [3.8, 4) is 11.5 Å². The summed E-state index contributed by atoms with van der Waals surface area (Å²) >= 11 is 17.7. The number of hydrogen-bond acceptors (Lipinski definition) is 5. The Kier molecular flexibility index (Phi) is 8.54. The number of amides is 2. The van der Waals surface area contributed by atoms with E-state index < -0.39 is 11.8 Å². The molecule has 0 atom stereocenters. The molecule has 0 unspecified atom stereocenters. The van der Waals surface area contributed by atoms with Crippen molar-refractivity contribution in [3.05, 3.63) is 86.9 Å². The molecule has 170 valence electrons. The van der Waals surface area contributed by atoms with E-state index in [4.69, 9.17) is 44.3 Å². The third kappa shape index (κ3) is 7.12. The van der Waals surface area contributed by atoms with E-state index in [-0.39, 0.29) is 10.7 Å². The molecule has 0 saturated heterocycles. The van der Waals surface area contributed by atoms with Crippen LogP contribution in [0.3, 0.4) is 0 Å². The second kappa shape index (κ2) is 11.6. The number of methoxy groups -OCH3 is 1. The summed E-state index contributed by atoms with van der Waals surface area (Å²) in [7, 11) is 1.51. The van der Waals surface area contributed by atoms with Gasteiger partial charge in [0.2, 0.25) is 0 Å². The second-order valence-corrected chi connectivity index (χ2v) is 7.88. The van der Waals surface area contributed by atoms with Crippen LogP contribution in [0.25, 0.3) is 0 Å². The van der Waals surface area contributed by atoms with Gasteiger partial charge in [-0.25, -0.2) is 5.43 Å². The lowest BCUT2D eigenvalue weighted by atomic mass is 10.2. The van der Waals surface area contributed by atoms with E-state index in [9.17, 15) is 9.59 Å². The van der Waals surface area contributed by atoms with E-state index in [1.54, 1.807) is 36.4 Å². The van der Waals surface area contributed by atoms with Crippen molar-refractivity contribution in [2.75, 3.05) is 12.4 Å². The SMILES string of the molecule is COc1cc(C=NNC(=O)C(=O)Nc2cc(Cl)ccc2Cl)ccc1OCc1ccc(Cl)cc1. The number of carbonyl (C=O) groups excluding carboxylic acids is 2. The van der Waals surface area contributed by atoms with Gasteiger partial charge in [-0.1, -0.05) is 46.9 Å². The zero-order valence-electron chi connectivity index (χ0n) is 17.3. The molecule has 0 aromatic heterocycles. The molecule has 2 amide bonds. The van der Waals surface area contributed by atoms with Gasteiger partial charge >= 0.3 is 11.8 Å². The summed E-state index contributed by atoms with van der Waals surface area (Å²) in [6.45, 7) is 0.336. The Balaban J connectivity index is 1.57. The molecule has 3 aromatic rings. The van der Waals surface area contributed by atoms with Crippen molar-refractivity contribution in [1.29, 1.82) is 0 Å². The summed E-state index contributed by atoms with van der Waals surface area (Å²) in [5, 5.41) is 7.43. The lowest BCUT2D eigenvalue weighted by molar-refractivity contribution is -0.136. The molecule has 0 aliphatic rings. The molecule has 3 aromatic carbocycles. The fourth-order valence-electron chi connectivity index (χ4n) is 2.61. The number of anilines is 1. The fraction of sp³-hybridized carbons (Fsp3) is 0.0870. The number of ether oxygens (including phenoxy) is 2. The zero-order chi connectivity index (χ0) is 23.8. The van der Waals surface area contributed by atoms with Crippen molar-refractivity contribution in [2.24, 2.45) is 5.10 Å². The van der Waals surface area contributed by atoms with Gasteiger partial charge in [-0.2, -0.15) is 5.10 Å². The maximum atomic E-state index is 12.0. The normalized spacial score (nSPS) is 10.7. The number of halogens is 3. The number of carbonyl (C=O) groups is 2. The lowest BCUT2D eigenvalue weighted by Crippen LogP contribution is -2.32. The Morgan fingerprint density at radius 3 is 2.36 bits per heavy atom. The summed E-state index contributed by atoms with van der Waals surface area (Å²) in [4.78, 5) is 24.0. The van der Waals surface area contributed by atoms with Crippen LogP contribution in [-0.4, -0.2) is 25.1 Å². The Hall–Kier alpha value is -3.26. The van der Waals surface area contributed by atoms with Crippen LogP contribution in [0.15, 0.2) is 65.8 Å². The average molecular weight is 507 g/mol. The number of nitrogens with one attached hydrogen (secondary N) is 2. The van der Waals surface area contributed by atoms with E-state index in [1.807, 2.05) is 12.1 Å². The molecule has 0 bridgehead atoms. The number of hydrogen-bond donors (Lipinski definition) is 2. The van der Waals surface area contributed by atoms with Crippen LogP contribution in [0.5, 0.6) is 11.5 Å². The molecule has 0 heterocycles. The van der Waals surface area contributed by atoms with Crippen LogP contribution in [0, 0.1) is 0 Å². The largest absolute Gasteiger partial charge is 0.493 e. The second-order valence-electron chi connectivity index (χ2n) is 6.60. The molecule has 2 N–H and O–H groups in total. The first-order chi connectivity index (χ1) is 15.9. The Labute approximate surface area is 205 Å². The highest BCUT2D eigenvalue weighted by Gasteiger charge is 2.15. The third-order valence-corrected chi connectivity index (χ3v) is 5.07. The number of benzene rings is 3. The lowest BCUT2D eigenvalue weighted by Gasteiger charge is -2.11. The van der Waals surface area contributed by atoms with Crippen molar-refractivity contribution in [2.45, 2.75) is 6.61 Å². The van der Waals surface area contributed by atoms with Crippen LogP contribution >= 0.6 is 34.8 Å². The first-order valence-electron chi connectivity index (χ1n) is 9.50. The van der Waals surface area contributed by atoms with E-state index in [0.29, 0.717) is 33.7 Å². The van der Waals surface area contributed by atoms with Gasteiger partial charge in [0.05, 0.1) is 24.0 Å². The molecule has 33 heavy (non-hydrogen) atoms. The standard InChI is InChI=1S/C23H18Cl3N3O4/c1-32-21-10-15(4-9-20(21)33-13-14-2-5-16(24)6-3-14)12-27-29-23(31)22(30)28-19-11-17(25)7-8-18(19)26/h2-12H,13H2,1H3,(H,28,30)(H,29,31). The number of rotatable bonds is 7. The van der Waals surface area contributed by atoms with Crippen molar-refractivity contribution in [3.63, 3.8) is 0 Å². The van der Waals surface area contributed by atoms with Crippen LogP contribution in [-0.2, 0) is 16.2 Å². The predicted octanol–water partition coefficient (Wildman–Crippen LogP) is 5.32. The summed E-state index contributed by atoms with van der Waals surface area (Å²) in [6, 6.07) is 16.9. The van der Waals surface area contributed by atoms with Crippen LogP contribution in [0.2, 0.25) is 15.1 Å². The smallest absolute Gasteiger partial charge is 0.329 e. The van der Waals surface area contributed by atoms with Crippen LogP contribution < -0.4 is 20.2 Å². The van der Waals surface area contributed by atoms with Gasteiger partial charge in [-0.3, -0.25) is 9.59 Å². The fourth-order valence-corrected chi connectivity index (χ4v) is 3.08. The molecule has 0 fully saturated rings. The topological polar surface area (TPSA) is 89.0 Å². The van der Waals surface area contributed by atoms with Gasteiger partial charge in [-0.15, -0.1) is 0 Å². The molecular weight excluding hydrogens is 489 g/mol. The van der Waals surface area contributed by atoms with Gasteiger partial charge in [0, 0.05) is 10.0 Å². The monoisotopic (exact) mass is 505 g/mol. The van der Waals surface area contributed by atoms with E-state index >= 15 is 0 Å². The highest BCUT2D eigenvalue weighted by atomic mass is 35.5. The Morgan fingerprint density at radius 2 is 1.64 bits per heavy atom. The molecule has 0 aliphatic heterocycles. The van der Waals surface area contributed by atoms with E-state index in [2.05, 4.69) is 15.8 Å². The minimum absolute atomic E-state index is 0.215. The minimum Gasteiger partial charge on any atom is -0.493 e. The summed E-state index contributed by atoms with van der Waals surface area (Å²) in [5.41, 5.74) is 3.93. The van der Waals surface area contributed by atoms with Gasteiger partial charge in [0.1, 0.15) is 6.61 Å². The van der Waals surface area contributed by atoms with Gasteiger partial charge < -0.3 is 14.8 Å². The van der Waals surface area contributed by atoms with Gasteiger partial charge in [0.25, 0.3) is 0 Å². The predicted molar refractivity (Wildman–Crippen MR) is 130 cm³/mol. The molecular formula is C23H18Cl3N3O4. The van der Waals surface area contributed by atoms with E-state index in [0.717, 1.165) is 5.56 Å². The average Bonchev–Trinajstić information content (AvgIpc) is 2.81. The molecule has 0 radical (unpaired) electrons. The Morgan fingerprint density at radius 1 is 0.909 bits per heavy atom. The quantitative estimate of drug-likeness (QED) is 0.258. The first-order valence-corrected chi connectivity index (χ1v) is 10.6. The summed E-state index contributed by atoms with van der Waals surface area (Å²) in [6.07, 6.45) is 1.36. The van der Waals surface area contributed by atoms with Crippen LogP contribution in [0.1, 0.15) is 11.1 Å². The van der Waals surface area contributed by atoms with Crippen molar-refractivity contribution in [1.82, 2.24) is 5.43 Å². The highest BCUT2D eigenvalue weighted by molar-refractivity contribution is 6.42. The highest BCUT2D eigenvalue weighted by Crippen LogP contribution is 2.28. The van der Waals surface area contributed by atoms with Gasteiger partial charge in [0.15, 0.2) is 11.5 Å². The van der Waals surface area contributed by atoms with Crippen LogP contribution in [0.4, 0.5) is 5.69 Å². The molecule has 7 nitrogen and oxygen atoms in total. The zero-order valence-corrected chi connectivity index (χ0v) is 19.5.